The van der Waals surface area contributed by atoms with Crippen molar-refractivity contribution < 1.29 is 4.79 Å². The van der Waals surface area contributed by atoms with Crippen LogP contribution in [0.15, 0.2) is 60.8 Å². The molecule has 0 saturated heterocycles. The van der Waals surface area contributed by atoms with Crippen LogP contribution < -0.4 is 11.1 Å². The minimum absolute atomic E-state index is 0.0101. The molecule has 1 fully saturated rings. The summed E-state index contributed by atoms with van der Waals surface area (Å²) in [5.74, 6) is -0.182. The first-order valence-electron chi connectivity index (χ1n) is 10.3. The fraction of sp³-hybridized carbons (Fsp3) is 0.333. The molecule has 2 unspecified atom stereocenters. The molecule has 0 spiro atoms. The largest absolute Gasteiger partial charge is 0.369 e. The standard InChI is InChI=1S/C24H28N4O/c1-17-8-5-6-13-22(17)23-19(16-28(27-23)21-11-3-2-4-12-21)15-26-20-10-7-9-18(14-20)24(25)29/h2-6,8,11-13,16,18,20,26H,7,9-10,14-15H2,1H3,(H2,25,29). The Hall–Kier alpha value is -2.92. The molecule has 0 radical (unpaired) electrons. The van der Waals surface area contributed by atoms with E-state index in [1.165, 1.54) is 5.56 Å². The highest BCUT2D eigenvalue weighted by atomic mass is 16.1. The summed E-state index contributed by atoms with van der Waals surface area (Å²) < 4.78 is 1.95. The fourth-order valence-corrected chi connectivity index (χ4v) is 4.21. The number of rotatable bonds is 6. The van der Waals surface area contributed by atoms with Gasteiger partial charge < -0.3 is 11.1 Å². The SMILES string of the molecule is Cc1ccccc1-c1nn(-c2ccccc2)cc1CNC1CCCC(C(N)=O)C1. The summed E-state index contributed by atoms with van der Waals surface area (Å²) >= 11 is 0. The molecule has 0 aliphatic heterocycles. The van der Waals surface area contributed by atoms with E-state index in [1.54, 1.807) is 0 Å². The summed E-state index contributed by atoms with van der Waals surface area (Å²) in [4.78, 5) is 11.6. The van der Waals surface area contributed by atoms with E-state index in [0.29, 0.717) is 12.6 Å². The minimum atomic E-state index is -0.172. The Bertz CT molecular complexity index is 980. The normalized spacial score (nSPS) is 19.2. The van der Waals surface area contributed by atoms with Gasteiger partial charge in [0.05, 0.1) is 11.4 Å². The second-order valence-corrected chi connectivity index (χ2v) is 7.94. The molecule has 5 heteroatoms. The van der Waals surface area contributed by atoms with Crippen LogP contribution >= 0.6 is 0 Å². The molecule has 1 aliphatic rings. The van der Waals surface area contributed by atoms with E-state index in [0.717, 1.165) is 48.2 Å². The summed E-state index contributed by atoms with van der Waals surface area (Å²) in [5.41, 5.74) is 11.1. The van der Waals surface area contributed by atoms with Gasteiger partial charge in [0.1, 0.15) is 0 Å². The monoisotopic (exact) mass is 388 g/mol. The molecule has 29 heavy (non-hydrogen) atoms. The summed E-state index contributed by atoms with van der Waals surface area (Å²) in [6.07, 6.45) is 5.96. The third-order valence-corrected chi connectivity index (χ3v) is 5.87. The number of nitrogens with zero attached hydrogens (tertiary/aromatic N) is 2. The summed E-state index contributed by atoms with van der Waals surface area (Å²) in [6.45, 7) is 2.83. The Morgan fingerprint density at radius 3 is 2.66 bits per heavy atom. The van der Waals surface area contributed by atoms with Gasteiger partial charge in [-0.2, -0.15) is 5.10 Å². The lowest BCUT2D eigenvalue weighted by Gasteiger charge is -2.28. The Morgan fingerprint density at radius 2 is 1.90 bits per heavy atom. The van der Waals surface area contributed by atoms with Crippen molar-refractivity contribution in [2.75, 3.05) is 0 Å². The molecule has 1 aliphatic carbocycles. The van der Waals surface area contributed by atoms with Gasteiger partial charge in [-0.05, 0) is 43.9 Å². The number of aryl methyl sites for hydroxylation is 1. The van der Waals surface area contributed by atoms with Gasteiger partial charge in [-0.3, -0.25) is 4.79 Å². The molecule has 1 heterocycles. The van der Waals surface area contributed by atoms with Gasteiger partial charge >= 0.3 is 0 Å². The Labute approximate surface area is 171 Å². The number of para-hydroxylation sites is 1. The molecule has 2 atom stereocenters. The quantitative estimate of drug-likeness (QED) is 0.671. The van der Waals surface area contributed by atoms with E-state index in [-0.39, 0.29) is 11.8 Å². The fourth-order valence-electron chi connectivity index (χ4n) is 4.21. The first kappa shape index (κ1) is 19.4. The lowest BCUT2D eigenvalue weighted by atomic mass is 9.85. The number of carbonyl (C=O) groups is 1. The number of benzene rings is 2. The highest BCUT2D eigenvalue weighted by Gasteiger charge is 2.25. The average molecular weight is 389 g/mol. The first-order valence-corrected chi connectivity index (χ1v) is 10.3. The highest BCUT2D eigenvalue weighted by molar-refractivity contribution is 5.76. The zero-order chi connectivity index (χ0) is 20.2. The number of nitrogens with one attached hydrogen (secondary N) is 1. The molecule has 3 aromatic rings. The summed E-state index contributed by atoms with van der Waals surface area (Å²) in [7, 11) is 0. The van der Waals surface area contributed by atoms with E-state index in [4.69, 9.17) is 10.8 Å². The van der Waals surface area contributed by atoms with Crippen LogP contribution in [0.5, 0.6) is 0 Å². The van der Waals surface area contributed by atoms with E-state index in [1.807, 2.05) is 22.9 Å². The molecule has 2 aromatic carbocycles. The average Bonchev–Trinajstić information content (AvgIpc) is 3.17. The molecule has 150 valence electrons. The third kappa shape index (κ3) is 4.40. The van der Waals surface area contributed by atoms with Crippen LogP contribution in [-0.2, 0) is 11.3 Å². The van der Waals surface area contributed by atoms with Crippen molar-refractivity contribution in [3.63, 3.8) is 0 Å². The van der Waals surface area contributed by atoms with Gasteiger partial charge in [-0.1, -0.05) is 48.9 Å². The number of amides is 1. The molecule has 3 N–H and O–H groups in total. The number of carbonyl (C=O) groups excluding carboxylic acids is 1. The maximum absolute atomic E-state index is 11.6. The van der Waals surface area contributed by atoms with Crippen molar-refractivity contribution in [1.29, 1.82) is 0 Å². The third-order valence-electron chi connectivity index (χ3n) is 5.87. The molecule has 5 nitrogen and oxygen atoms in total. The van der Waals surface area contributed by atoms with Gasteiger partial charge in [0, 0.05) is 35.8 Å². The second-order valence-electron chi connectivity index (χ2n) is 7.94. The number of hydrogen-bond acceptors (Lipinski definition) is 3. The van der Waals surface area contributed by atoms with Gasteiger partial charge in [-0.25, -0.2) is 4.68 Å². The van der Waals surface area contributed by atoms with Gasteiger partial charge in [0.2, 0.25) is 5.91 Å². The Balaban J connectivity index is 1.60. The molecular formula is C24H28N4O. The molecule has 1 aromatic heterocycles. The molecule has 0 bridgehead atoms. The van der Waals surface area contributed by atoms with Crippen LogP contribution in [0, 0.1) is 12.8 Å². The van der Waals surface area contributed by atoms with Gasteiger partial charge in [0.25, 0.3) is 0 Å². The highest BCUT2D eigenvalue weighted by Crippen LogP contribution is 2.28. The predicted octanol–water partition coefficient (Wildman–Crippen LogP) is 3.98. The number of hydrogen-bond donors (Lipinski definition) is 2. The minimum Gasteiger partial charge on any atom is -0.369 e. The molecule has 4 rings (SSSR count). The van der Waals surface area contributed by atoms with Crippen molar-refractivity contribution in [3.8, 4) is 16.9 Å². The maximum Gasteiger partial charge on any atom is 0.220 e. The smallest absolute Gasteiger partial charge is 0.220 e. The molecular weight excluding hydrogens is 360 g/mol. The van der Waals surface area contributed by atoms with E-state index in [2.05, 4.69) is 54.8 Å². The van der Waals surface area contributed by atoms with Crippen molar-refractivity contribution in [1.82, 2.24) is 15.1 Å². The Morgan fingerprint density at radius 1 is 1.14 bits per heavy atom. The maximum atomic E-state index is 11.6. The van der Waals surface area contributed by atoms with Crippen LogP contribution in [-0.4, -0.2) is 21.7 Å². The second kappa shape index (κ2) is 8.62. The van der Waals surface area contributed by atoms with Crippen LogP contribution in [0.2, 0.25) is 0 Å². The van der Waals surface area contributed by atoms with Crippen molar-refractivity contribution in [2.45, 2.75) is 45.2 Å². The van der Waals surface area contributed by atoms with Crippen molar-refractivity contribution in [3.05, 3.63) is 71.9 Å². The van der Waals surface area contributed by atoms with E-state index < -0.39 is 0 Å². The molecule has 1 saturated carbocycles. The number of primary amides is 1. The Kier molecular flexibility index (Phi) is 5.76. The lowest BCUT2D eigenvalue weighted by molar-refractivity contribution is -0.122. The van der Waals surface area contributed by atoms with Gasteiger partial charge in [0.15, 0.2) is 0 Å². The topological polar surface area (TPSA) is 72.9 Å². The van der Waals surface area contributed by atoms with Crippen molar-refractivity contribution in [2.24, 2.45) is 11.7 Å². The zero-order valence-corrected chi connectivity index (χ0v) is 16.8. The first-order chi connectivity index (χ1) is 14.1. The predicted molar refractivity (Wildman–Crippen MR) is 116 cm³/mol. The zero-order valence-electron chi connectivity index (χ0n) is 16.8. The van der Waals surface area contributed by atoms with Crippen molar-refractivity contribution >= 4 is 5.91 Å². The van der Waals surface area contributed by atoms with E-state index >= 15 is 0 Å². The summed E-state index contributed by atoms with van der Waals surface area (Å²) in [5, 5.41) is 8.58. The number of nitrogens with two attached hydrogens (primary N) is 1. The van der Waals surface area contributed by atoms with Crippen LogP contribution in [0.3, 0.4) is 0 Å². The lowest BCUT2D eigenvalue weighted by Crippen LogP contribution is -2.38. The number of aromatic nitrogens is 2. The van der Waals surface area contributed by atoms with Crippen LogP contribution in [0.1, 0.15) is 36.8 Å². The van der Waals surface area contributed by atoms with Gasteiger partial charge in [-0.15, -0.1) is 0 Å². The summed E-state index contributed by atoms with van der Waals surface area (Å²) in [6, 6.07) is 18.8. The van der Waals surface area contributed by atoms with Crippen LogP contribution in [0.4, 0.5) is 0 Å². The molecule has 1 amide bonds. The van der Waals surface area contributed by atoms with E-state index in [9.17, 15) is 4.79 Å². The van der Waals surface area contributed by atoms with Crippen LogP contribution in [0.25, 0.3) is 16.9 Å².